The predicted octanol–water partition coefficient (Wildman–Crippen LogP) is 4.11. The molecule has 5 heteroatoms. The number of nitrogens with one attached hydrogen (secondary N) is 2. The van der Waals surface area contributed by atoms with Crippen molar-refractivity contribution in [1.29, 1.82) is 0 Å². The number of thiocarbonyl (C=S) groups is 1. The zero-order valence-corrected chi connectivity index (χ0v) is 15.8. The van der Waals surface area contributed by atoms with Gasteiger partial charge in [-0.25, -0.2) is 4.98 Å². The molecule has 0 spiro atoms. The van der Waals surface area contributed by atoms with E-state index in [1.807, 2.05) is 25.3 Å². The number of hydrogen-bond donors (Lipinski definition) is 2. The summed E-state index contributed by atoms with van der Waals surface area (Å²) >= 11 is 5.34. The Morgan fingerprint density at radius 3 is 2.72 bits per heavy atom. The summed E-state index contributed by atoms with van der Waals surface area (Å²) in [6.07, 6.45) is 4.46. The van der Waals surface area contributed by atoms with Gasteiger partial charge >= 0.3 is 0 Å². The van der Waals surface area contributed by atoms with Crippen molar-refractivity contribution in [1.82, 2.24) is 10.3 Å². The van der Waals surface area contributed by atoms with Crippen molar-refractivity contribution in [2.45, 2.75) is 33.2 Å². The smallest absolute Gasteiger partial charge is 0.172 e. The summed E-state index contributed by atoms with van der Waals surface area (Å²) in [5, 5.41) is 6.93. The maximum atomic E-state index is 5.34. The highest BCUT2D eigenvalue weighted by molar-refractivity contribution is 7.80. The number of hydrogen-bond acceptors (Lipinski definition) is 3. The lowest BCUT2D eigenvalue weighted by atomic mass is 9.99. The van der Waals surface area contributed by atoms with Crippen LogP contribution < -0.4 is 15.5 Å². The van der Waals surface area contributed by atoms with Gasteiger partial charge in [-0.1, -0.05) is 25.1 Å². The molecule has 1 aromatic carbocycles. The Bertz CT molecular complexity index is 697. The van der Waals surface area contributed by atoms with E-state index in [1.165, 1.54) is 30.6 Å². The fourth-order valence-corrected chi connectivity index (χ4v) is 3.31. The van der Waals surface area contributed by atoms with Crippen LogP contribution in [-0.4, -0.2) is 23.2 Å². The fourth-order valence-electron chi connectivity index (χ4n) is 3.13. The first-order valence-electron chi connectivity index (χ1n) is 8.91. The lowest BCUT2D eigenvalue weighted by Gasteiger charge is -2.32. The lowest BCUT2D eigenvalue weighted by Crippen LogP contribution is -2.34. The molecule has 0 amide bonds. The van der Waals surface area contributed by atoms with Gasteiger partial charge in [0.25, 0.3) is 0 Å². The van der Waals surface area contributed by atoms with Crippen LogP contribution >= 0.6 is 12.2 Å². The first-order valence-corrected chi connectivity index (χ1v) is 9.32. The highest BCUT2D eigenvalue weighted by Crippen LogP contribution is 2.23. The van der Waals surface area contributed by atoms with Gasteiger partial charge < -0.3 is 15.5 Å². The molecular weight excluding hydrogens is 328 g/mol. The van der Waals surface area contributed by atoms with Gasteiger partial charge in [0.1, 0.15) is 5.82 Å². The molecule has 0 radical (unpaired) electrons. The van der Waals surface area contributed by atoms with Crippen molar-refractivity contribution in [3.05, 3.63) is 53.7 Å². The third-order valence-electron chi connectivity index (χ3n) is 4.56. The Labute approximate surface area is 155 Å². The number of aromatic nitrogens is 1. The van der Waals surface area contributed by atoms with Crippen LogP contribution in [0.3, 0.4) is 0 Å². The molecule has 0 saturated carbocycles. The van der Waals surface area contributed by atoms with Crippen molar-refractivity contribution in [2.24, 2.45) is 5.92 Å². The molecule has 3 rings (SSSR count). The van der Waals surface area contributed by atoms with E-state index >= 15 is 0 Å². The van der Waals surface area contributed by atoms with Gasteiger partial charge in [0, 0.05) is 31.5 Å². The van der Waals surface area contributed by atoms with Crippen molar-refractivity contribution in [3.63, 3.8) is 0 Å². The third kappa shape index (κ3) is 5.16. The zero-order chi connectivity index (χ0) is 17.6. The van der Waals surface area contributed by atoms with E-state index in [2.05, 4.69) is 51.7 Å². The van der Waals surface area contributed by atoms with Crippen molar-refractivity contribution in [3.8, 4) is 0 Å². The minimum Gasteiger partial charge on any atom is -0.371 e. The summed E-state index contributed by atoms with van der Waals surface area (Å²) in [5.41, 5.74) is 3.67. The van der Waals surface area contributed by atoms with Crippen LogP contribution in [0.25, 0.3) is 0 Å². The number of piperidine rings is 1. The Morgan fingerprint density at radius 2 is 2.04 bits per heavy atom. The maximum Gasteiger partial charge on any atom is 0.172 e. The maximum absolute atomic E-state index is 5.34. The van der Waals surface area contributed by atoms with E-state index in [0.29, 0.717) is 11.7 Å². The molecule has 2 N–H and O–H groups in total. The monoisotopic (exact) mass is 354 g/mol. The molecule has 1 atom stereocenters. The van der Waals surface area contributed by atoms with Crippen LogP contribution in [0, 0.1) is 12.8 Å². The minimum absolute atomic E-state index is 0.588. The van der Waals surface area contributed by atoms with E-state index in [0.717, 1.165) is 23.8 Å². The summed E-state index contributed by atoms with van der Waals surface area (Å²) in [4.78, 5) is 6.79. The highest BCUT2D eigenvalue weighted by Gasteiger charge is 2.16. The summed E-state index contributed by atoms with van der Waals surface area (Å²) in [6, 6.07) is 12.7. The van der Waals surface area contributed by atoms with Crippen LogP contribution in [-0.2, 0) is 6.54 Å². The Balaban J connectivity index is 1.49. The average molecular weight is 355 g/mol. The Hall–Kier alpha value is -2.14. The van der Waals surface area contributed by atoms with Crippen LogP contribution in [0.1, 0.15) is 30.9 Å². The van der Waals surface area contributed by atoms with Crippen LogP contribution in [0.2, 0.25) is 0 Å². The number of anilines is 2. The molecule has 1 saturated heterocycles. The molecule has 2 aromatic rings. The lowest BCUT2D eigenvalue weighted by molar-refractivity contribution is 0.447. The standard InChI is InChI=1S/C20H26N4S/c1-15-5-10-19(21-12-15)23-20(25)22-13-17-6-8-18(9-7-17)24-11-3-4-16(2)14-24/h5-10,12,16H,3-4,11,13-14H2,1-2H3,(H2,21,22,23,25)/t16-/m1/s1. The summed E-state index contributed by atoms with van der Waals surface area (Å²) in [5.74, 6) is 1.55. The SMILES string of the molecule is Cc1ccc(NC(=S)NCc2ccc(N3CCC[C@@H](C)C3)cc2)nc1. The number of rotatable bonds is 4. The molecule has 2 heterocycles. The van der Waals surface area contributed by atoms with E-state index in [1.54, 1.807) is 0 Å². The third-order valence-corrected chi connectivity index (χ3v) is 4.81. The van der Waals surface area contributed by atoms with E-state index in [-0.39, 0.29) is 0 Å². The molecule has 4 nitrogen and oxygen atoms in total. The summed E-state index contributed by atoms with van der Waals surface area (Å²) < 4.78 is 0. The van der Waals surface area contributed by atoms with Crippen molar-refractivity contribution < 1.29 is 0 Å². The minimum atomic E-state index is 0.588. The van der Waals surface area contributed by atoms with Crippen molar-refractivity contribution in [2.75, 3.05) is 23.3 Å². The molecular formula is C20H26N4S. The quantitative estimate of drug-likeness (QED) is 0.809. The molecule has 0 unspecified atom stereocenters. The largest absolute Gasteiger partial charge is 0.371 e. The van der Waals surface area contributed by atoms with E-state index in [4.69, 9.17) is 12.2 Å². The van der Waals surface area contributed by atoms with Crippen LogP contribution in [0.4, 0.5) is 11.5 Å². The van der Waals surface area contributed by atoms with Gasteiger partial charge in [-0.15, -0.1) is 0 Å². The topological polar surface area (TPSA) is 40.2 Å². The Morgan fingerprint density at radius 1 is 1.24 bits per heavy atom. The van der Waals surface area contributed by atoms with Gasteiger partial charge in [-0.2, -0.15) is 0 Å². The second-order valence-electron chi connectivity index (χ2n) is 6.89. The molecule has 25 heavy (non-hydrogen) atoms. The Kier molecular flexibility index (Phi) is 5.87. The first-order chi connectivity index (χ1) is 12.1. The van der Waals surface area contributed by atoms with Gasteiger partial charge in [0.15, 0.2) is 5.11 Å². The molecule has 0 bridgehead atoms. The molecule has 0 aliphatic carbocycles. The highest BCUT2D eigenvalue weighted by atomic mass is 32.1. The van der Waals surface area contributed by atoms with Gasteiger partial charge in [-0.05, 0) is 67.2 Å². The second-order valence-corrected chi connectivity index (χ2v) is 7.30. The van der Waals surface area contributed by atoms with E-state index < -0.39 is 0 Å². The van der Waals surface area contributed by atoms with Crippen LogP contribution in [0.5, 0.6) is 0 Å². The van der Waals surface area contributed by atoms with Crippen molar-refractivity contribution >= 4 is 28.8 Å². The fraction of sp³-hybridized carbons (Fsp3) is 0.400. The number of nitrogens with zero attached hydrogens (tertiary/aromatic N) is 2. The molecule has 132 valence electrons. The van der Waals surface area contributed by atoms with Crippen LogP contribution in [0.15, 0.2) is 42.6 Å². The van der Waals surface area contributed by atoms with Gasteiger partial charge in [0.2, 0.25) is 0 Å². The number of benzene rings is 1. The normalized spacial score (nSPS) is 17.2. The van der Waals surface area contributed by atoms with Gasteiger partial charge in [-0.3, -0.25) is 0 Å². The molecule has 1 aliphatic rings. The number of aryl methyl sites for hydroxylation is 1. The predicted molar refractivity (Wildman–Crippen MR) is 109 cm³/mol. The van der Waals surface area contributed by atoms with Gasteiger partial charge in [0.05, 0.1) is 0 Å². The first kappa shape index (κ1) is 17.7. The average Bonchev–Trinajstić information content (AvgIpc) is 2.62. The van der Waals surface area contributed by atoms with E-state index in [9.17, 15) is 0 Å². The second kappa shape index (κ2) is 8.30. The molecule has 1 aromatic heterocycles. The molecule has 1 aliphatic heterocycles. The zero-order valence-electron chi connectivity index (χ0n) is 15.0. The molecule has 1 fully saturated rings. The summed E-state index contributed by atoms with van der Waals surface area (Å²) in [6.45, 7) is 7.38. The number of pyridine rings is 1. The summed E-state index contributed by atoms with van der Waals surface area (Å²) in [7, 11) is 0.